The molecule has 1 N–H and O–H groups in total. The molecule has 1 aromatic heterocycles. The van der Waals surface area contributed by atoms with E-state index in [0.29, 0.717) is 12.8 Å². The smallest absolute Gasteiger partial charge is 0.252 e. The van der Waals surface area contributed by atoms with Gasteiger partial charge in [0.2, 0.25) is 0 Å². The number of hydrogen-bond donors (Lipinski definition) is 1. The summed E-state index contributed by atoms with van der Waals surface area (Å²) in [4.78, 5) is 0.790. The fourth-order valence-electron chi connectivity index (χ4n) is 2.14. The van der Waals surface area contributed by atoms with E-state index >= 15 is 0 Å². The van der Waals surface area contributed by atoms with Gasteiger partial charge in [0.05, 0.1) is 11.5 Å². The van der Waals surface area contributed by atoms with Crippen molar-refractivity contribution in [3.8, 4) is 0 Å². The van der Waals surface area contributed by atoms with E-state index in [1.165, 1.54) is 13.1 Å². The van der Waals surface area contributed by atoms with E-state index in [1.807, 2.05) is 0 Å². The Labute approximate surface area is 123 Å². The van der Waals surface area contributed by atoms with E-state index < -0.39 is 25.9 Å². The summed E-state index contributed by atoms with van der Waals surface area (Å²) >= 11 is 1.11. The minimum atomic E-state index is -3.66. The molecule has 1 fully saturated rings. The van der Waals surface area contributed by atoms with E-state index in [1.54, 1.807) is 6.07 Å². The first-order valence-electron chi connectivity index (χ1n) is 6.14. The summed E-state index contributed by atoms with van der Waals surface area (Å²) in [5.74, 6) is -0.0741. The van der Waals surface area contributed by atoms with Crippen molar-refractivity contribution in [1.29, 1.82) is 0 Å². The zero-order chi connectivity index (χ0) is 15.0. The normalized spacial score (nSPS) is 22.4. The first-order chi connectivity index (χ1) is 9.26. The Bertz CT molecular complexity index is 677. The van der Waals surface area contributed by atoms with Gasteiger partial charge in [-0.25, -0.2) is 16.8 Å². The number of thiophene rings is 1. The van der Waals surface area contributed by atoms with Crippen LogP contribution in [-0.4, -0.2) is 57.4 Å². The summed E-state index contributed by atoms with van der Waals surface area (Å²) in [6, 6.07) is 2.69. The molecular weight excluding hydrogens is 322 g/mol. The SMILES string of the molecule is CN(C1CCS(=O)(=O)C1)S(=O)(=O)c1ccc(CCO)s1. The number of sulfonamides is 1. The summed E-state index contributed by atoms with van der Waals surface area (Å²) in [6.45, 7) is -0.0310. The lowest BCUT2D eigenvalue weighted by Gasteiger charge is -2.21. The van der Waals surface area contributed by atoms with Crippen LogP contribution in [0.3, 0.4) is 0 Å². The molecule has 1 aliphatic rings. The van der Waals surface area contributed by atoms with Crippen LogP contribution in [0.15, 0.2) is 16.3 Å². The van der Waals surface area contributed by atoms with E-state index in [0.717, 1.165) is 20.5 Å². The van der Waals surface area contributed by atoms with E-state index in [9.17, 15) is 16.8 Å². The van der Waals surface area contributed by atoms with Crippen LogP contribution in [0.1, 0.15) is 11.3 Å². The molecule has 1 aliphatic heterocycles. The molecule has 9 heteroatoms. The van der Waals surface area contributed by atoms with E-state index in [4.69, 9.17) is 5.11 Å². The van der Waals surface area contributed by atoms with Gasteiger partial charge in [-0.2, -0.15) is 4.31 Å². The third kappa shape index (κ3) is 3.22. The molecule has 0 bridgehead atoms. The molecule has 0 aliphatic carbocycles. The Hall–Kier alpha value is -0.480. The molecule has 2 heterocycles. The van der Waals surface area contributed by atoms with Crippen LogP contribution in [0.4, 0.5) is 0 Å². The van der Waals surface area contributed by atoms with Crippen LogP contribution >= 0.6 is 11.3 Å². The van der Waals surface area contributed by atoms with Gasteiger partial charge in [0.15, 0.2) is 9.84 Å². The molecule has 1 atom stereocenters. The number of aliphatic hydroxyl groups is 1. The molecule has 0 amide bonds. The lowest BCUT2D eigenvalue weighted by atomic mass is 10.3. The number of sulfone groups is 1. The highest BCUT2D eigenvalue weighted by molar-refractivity contribution is 7.92. The predicted octanol–water partition coefficient (Wildman–Crippen LogP) is 0.0905. The largest absolute Gasteiger partial charge is 0.396 e. The van der Waals surface area contributed by atoms with Crippen molar-refractivity contribution in [3.63, 3.8) is 0 Å². The first-order valence-corrected chi connectivity index (χ1v) is 10.2. The van der Waals surface area contributed by atoms with Crippen molar-refractivity contribution in [2.45, 2.75) is 23.1 Å². The maximum Gasteiger partial charge on any atom is 0.252 e. The molecule has 6 nitrogen and oxygen atoms in total. The van der Waals surface area contributed by atoms with Gasteiger partial charge in [-0.15, -0.1) is 11.3 Å². The molecule has 1 unspecified atom stereocenters. The third-order valence-electron chi connectivity index (χ3n) is 3.35. The van der Waals surface area contributed by atoms with Gasteiger partial charge in [0, 0.05) is 31.0 Å². The molecule has 20 heavy (non-hydrogen) atoms. The van der Waals surface area contributed by atoms with Crippen LogP contribution in [0.25, 0.3) is 0 Å². The molecular formula is C11H17NO5S3. The topological polar surface area (TPSA) is 91.8 Å². The lowest BCUT2D eigenvalue weighted by molar-refractivity contribution is 0.300. The Kier molecular flexibility index (Phi) is 4.55. The van der Waals surface area contributed by atoms with Crippen LogP contribution in [0, 0.1) is 0 Å². The first kappa shape index (κ1) is 15.9. The van der Waals surface area contributed by atoms with Crippen LogP contribution in [0.5, 0.6) is 0 Å². The predicted molar refractivity (Wildman–Crippen MR) is 77.1 cm³/mol. The standard InChI is InChI=1S/C11H17NO5S3/c1-12(9-5-7-19(14,15)8-9)20(16,17)11-3-2-10(18-11)4-6-13/h2-3,9,13H,4-8H2,1H3. The molecule has 0 aromatic carbocycles. The van der Waals surface area contributed by atoms with Crippen molar-refractivity contribution in [2.24, 2.45) is 0 Å². The van der Waals surface area contributed by atoms with Crippen molar-refractivity contribution < 1.29 is 21.9 Å². The number of hydrogen-bond acceptors (Lipinski definition) is 6. The summed E-state index contributed by atoms with van der Waals surface area (Å²) in [7, 11) is -5.36. The van der Waals surface area contributed by atoms with Crippen LogP contribution in [-0.2, 0) is 26.3 Å². The summed E-state index contributed by atoms with van der Waals surface area (Å²) in [5.41, 5.74) is 0. The summed E-state index contributed by atoms with van der Waals surface area (Å²) < 4.78 is 49.1. The molecule has 114 valence electrons. The van der Waals surface area contributed by atoms with Gasteiger partial charge in [0.1, 0.15) is 4.21 Å². The summed E-state index contributed by atoms with van der Waals surface area (Å²) in [5, 5.41) is 8.85. The van der Waals surface area contributed by atoms with E-state index in [-0.39, 0.29) is 22.3 Å². The van der Waals surface area contributed by atoms with Gasteiger partial charge in [0.25, 0.3) is 10.0 Å². The van der Waals surface area contributed by atoms with Crippen molar-refractivity contribution in [1.82, 2.24) is 4.31 Å². The monoisotopic (exact) mass is 339 g/mol. The zero-order valence-corrected chi connectivity index (χ0v) is 13.5. The second-order valence-corrected chi connectivity index (χ2v) is 10.4. The Balaban J connectivity index is 2.21. The second kappa shape index (κ2) is 5.72. The van der Waals surface area contributed by atoms with Gasteiger partial charge >= 0.3 is 0 Å². The zero-order valence-electron chi connectivity index (χ0n) is 11.0. The second-order valence-electron chi connectivity index (χ2n) is 4.77. The molecule has 1 saturated heterocycles. The fourth-order valence-corrected chi connectivity index (χ4v) is 6.93. The van der Waals surface area contributed by atoms with Gasteiger partial charge in [-0.3, -0.25) is 0 Å². The maximum absolute atomic E-state index is 12.4. The highest BCUT2D eigenvalue weighted by Gasteiger charge is 2.36. The minimum Gasteiger partial charge on any atom is -0.396 e. The minimum absolute atomic E-state index is 0.0310. The van der Waals surface area contributed by atoms with Crippen molar-refractivity contribution in [2.75, 3.05) is 25.2 Å². The quantitative estimate of drug-likeness (QED) is 0.821. The molecule has 0 spiro atoms. The lowest BCUT2D eigenvalue weighted by Crippen LogP contribution is -2.37. The highest BCUT2D eigenvalue weighted by Crippen LogP contribution is 2.28. The Morgan fingerprint density at radius 3 is 2.70 bits per heavy atom. The summed E-state index contributed by atoms with van der Waals surface area (Å²) in [6.07, 6.45) is 0.759. The van der Waals surface area contributed by atoms with E-state index in [2.05, 4.69) is 0 Å². The van der Waals surface area contributed by atoms with Crippen molar-refractivity contribution in [3.05, 3.63) is 17.0 Å². The van der Waals surface area contributed by atoms with Gasteiger partial charge in [-0.1, -0.05) is 0 Å². The molecule has 0 saturated carbocycles. The van der Waals surface area contributed by atoms with Crippen molar-refractivity contribution >= 4 is 31.2 Å². The number of rotatable bonds is 5. The fraction of sp³-hybridized carbons (Fsp3) is 0.636. The number of nitrogens with zero attached hydrogens (tertiary/aromatic N) is 1. The van der Waals surface area contributed by atoms with Crippen LogP contribution < -0.4 is 0 Å². The average molecular weight is 339 g/mol. The van der Waals surface area contributed by atoms with Gasteiger partial charge < -0.3 is 5.11 Å². The molecule has 0 radical (unpaired) electrons. The maximum atomic E-state index is 12.4. The third-order valence-corrected chi connectivity index (χ3v) is 8.62. The van der Waals surface area contributed by atoms with Crippen LogP contribution in [0.2, 0.25) is 0 Å². The van der Waals surface area contributed by atoms with Gasteiger partial charge in [-0.05, 0) is 18.6 Å². The molecule has 2 rings (SSSR count). The highest BCUT2D eigenvalue weighted by atomic mass is 32.2. The average Bonchev–Trinajstić information content (AvgIpc) is 2.95. The Morgan fingerprint density at radius 1 is 1.45 bits per heavy atom. The Morgan fingerprint density at radius 2 is 2.15 bits per heavy atom. The molecule has 1 aromatic rings. The number of aliphatic hydroxyl groups excluding tert-OH is 1.